The highest BCUT2D eigenvalue weighted by Crippen LogP contribution is 2.30. The lowest BCUT2D eigenvalue weighted by atomic mass is 9.90. The number of amides is 1. The molecule has 1 saturated heterocycles. The molecule has 28 heavy (non-hydrogen) atoms. The lowest BCUT2D eigenvalue weighted by molar-refractivity contribution is 0.0420. The normalized spacial score (nSPS) is 16.3. The number of piperidine rings is 1. The van der Waals surface area contributed by atoms with Crippen molar-refractivity contribution in [1.29, 1.82) is 0 Å². The first kappa shape index (κ1) is 18.4. The second kappa shape index (κ2) is 7.98. The van der Waals surface area contributed by atoms with Gasteiger partial charge in [-0.25, -0.2) is 4.98 Å². The predicted octanol–water partition coefficient (Wildman–Crippen LogP) is 2.25. The molecule has 0 saturated carbocycles. The number of hydrogen-bond acceptors (Lipinski definition) is 4. The summed E-state index contributed by atoms with van der Waals surface area (Å²) < 4.78 is 3.70. The van der Waals surface area contributed by atoms with Gasteiger partial charge in [-0.3, -0.25) is 9.48 Å². The summed E-state index contributed by atoms with van der Waals surface area (Å²) >= 11 is 0. The number of nitrogens with zero attached hydrogens (tertiary/aromatic N) is 5. The zero-order chi connectivity index (χ0) is 19.5. The summed E-state index contributed by atoms with van der Waals surface area (Å²) in [6, 6.07) is 9.62. The monoisotopic (exact) mass is 379 g/mol. The van der Waals surface area contributed by atoms with Gasteiger partial charge in [-0.05, 0) is 42.5 Å². The number of aliphatic hydroxyl groups is 1. The molecule has 4 rings (SSSR count). The molecule has 2 aromatic heterocycles. The van der Waals surface area contributed by atoms with Gasteiger partial charge in [-0.15, -0.1) is 0 Å². The number of imidazole rings is 1. The van der Waals surface area contributed by atoms with Crippen molar-refractivity contribution < 1.29 is 9.90 Å². The third-order valence-corrected chi connectivity index (χ3v) is 5.47. The Balaban J connectivity index is 1.38. The fourth-order valence-electron chi connectivity index (χ4n) is 3.86. The average Bonchev–Trinajstić information content (AvgIpc) is 3.39. The van der Waals surface area contributed by atoms with Crippen LogP contribution in [0.2, 0.25) is 0 Å². The Bertz CT molecular complexity index is 926. The largest absolute Gasteiger partial charge is 0.385 e. The van der Waals surface area contributed by atoms with E-state index in [1.807, 2.05) is 63.9 Å². The first-order chi connectivity index (χ1) is 13.6. The molecule has 0 aliphatic carbocycles. The Labute approximate surface area is 164 Å². The number of aryl methyl sites for hydroxylation is 1. The van der Waals surface area contributed by atoms with E-state index in [-0.39, 0.29) is 11.8 Å². The maximum Gasteiger partial charge on any atom is 0.253 e. The maximum atomic E-state index is 12.9. The van der Waals surface area contributed by atoms with Gasteiger partial charge in [0.15, 0.2) is 0 Å². The Morgan fingerprint density at radius 1 is 1.21 bits per heavy atom. The molecule has 3 heterocycles. The summed E-state index contributed by atoms with van der Waals surface area (Å²) in [7, 11) is 1.89. The summed E-state index contributed by atoms with van der Waals surface area (Å²) in [5.41, 5.74) is 1.75. The van der Waals surface area contributed by atoms with Crippen molar-refractivity contribution in [1.82, 2.24) is 24.2 Å². The highest BCUT2D eigenvalue weighted by atomic mass is 16.3. The van der Waals surface area contributed by atoms with Crippen molar-refractivity contribution >= 4 is 5.91 Å². The van der Waals surface area contributed by atoms with Crippen LogP contribution in [-0.2, 0) is 13.6 Å². The lowest BCUT2D eigenvalue weighted by Gasteiger charge is -2.34. The van der Waals surface area contributed by atoms with Gasteiger partial charge < -0.3 is 14.6 Å². The minimum absolute atomic E-state index is 0.0484. The Morgan fingerprint density at radius 3 is 2.71 bits per heavy atom. The third kappa shape index (κ3) is 3.84. The minimum Gasteiger partial charge on any atom is -0.385 e. The van der Waals surface area contributed by atoms with E-state index in [0.717, 1.165) is 18.4 Å². The maximum absolute atomic E-state index is 12.9. The van der Waals surface area contributed by atoms with E-state index in [1.54, 1.807) is 12.4 Å². The van der Waals surface area contributed by atoms with Gasteiger partial charge in [0.2, 0.25) is 0 Å². The fraction of sp³-hybridized carbons (Fsp3) is 0.381. The molecule has 7 nitrogen and oxygen atoms in total. The van der Waals surface area contributed by atoms with Crippen LogP contribution in [0, 0.1) is 5.92 Å². The standard InChI is InChI=1S/C21H25N5O2/c1-24-13-9-22-20(24)19(27)17-6-11-25(12-7-17)21(28)18-5-2-4-16(14-18)15-26-10-3-8-23-26/h2-5,8-10,13-14,17,19,27H,6-7,11-12,15H2,1H3/t19-/m1/s1. The topological polar surface area (TPSA) is 76.2 Å². The first-order valence-electron chi connectivity index (χ1n) is 9.63. The van der Waals surface area contributed by atoms with Crippen LogP contribution in [0.5, 0.6) is 0 Å². The van der Waals surface area contributed by atoms with Crippen LogP contribution in [-0.4, -0.2) is 48.3 Å². The molecule has 1 aliphatic rings. The van der Waals surface area contributed by atoms with Crippen LogP contribution in [0.25, 0.3) is 0 Å². The molecule has 1 atom stereocenters. The second-order valence-corrected chi connectivity index (χ2v) is 7.37. The summed E-state index contributed by atoms with van der Waals surface area (Å²) in [6.07, 6.45) is 8.15. The smallest absolute Gasteiger partial charge is 0.253 e. The third-order valence-electron chi connectivity index (χ3n) is 5.47. The van der Waals surface area contributed by atoms with Gasteiger partial charge in [0, 0.05) is 50.5 Å². The van der Waals surface area contributed by atoms with Crippen LogP contribution < -0.4 is 0 Å². The molecule has 7 heteroatoms. The molecule has 1 amide bonds. The van der Waals surface area contributed by atoms with Crippen LogP contribution >= 0.6 is 0 Å². The van der Waals surface area contributed by atoms with E-state index in [9.17, 15) is 9.90 Å². The van der Waals surface area contributed by atoms with E-state index in [0.29, 0.717) is 31.0 Å². The Morgan fingerprint density at radius 2 is 2.04 bits per heavy atom. The van der Waals surface area contributed by atoms with Crippen molar-refractivity contribution in [3.8, 4) is 0 Å². The zero-order valence-corrected chi connectivity index (χ0v) is 16.0. The van der Waals surface area contributed by atoms with E-state index in [4.69, 9.17) is 0 Å². The number of likely N-dealkylation sites (tertiary alicyclic amines) is 1. The van der Waals surface area contributed by atoms with Crippen LogP contribution in [0.3, 0.4) is 0 Å². The molecular formula is C21H25N5O2. The van der Waals surface area contributed by atoms with Crippen molar-refractivity contribution in [3.05, 3.63) is 72.1 Å². The van der Waals surface area contributed by atoms with Crippen molar-refractivity contribution in [2.75, 3.05) is 13.1 Å². The second-order valence-electron chi connectivity index (χ2n) is 7.37. The van der Waals surface area contributed by atoms with E-state index in [1.165, 1.54) is 0 Å². The van der Waals surface area contributed by atoms with E-state index >= 15 is 0 Å². The van der Waals surface area contributed by atoms with Gasteiger partial charge in [0.1, 0.15) is 11.9 Å². The first-order valence-corrected chi connectivity index (χ1v) is 9.63. The van der Waals surface area contributed by atoms with Gasteiger partial charge in [-0.2, -0.15) is 5.10 Å². The molecule has 1 fully saturated rings. The summed E-state index contributed by atoms with van der Waals surface area (Å²) in [6.45, 7) is 1.94. The SMILES string of the molecule is Cn1ccnc1[C@H](O)C1CCN(C(=O)c2cccc(Cn3cccn3)c2)CC1. The van der Waals surface area contributed by atoms with Crippen LogP contribution in [0.15, 0.2) is 55.1 Å². The number of benzene rings is 1. The lowest BCUT2D eigenvalue weighted by Crippen LogP contribution is -2.40. The highest BCUT2D eigenvalue weighted by molar-refractivity contribution is 5.94. The zero-order valence-electron chi connectivity index (χ0n) is 16.0. The Kier molecular flexibility index (Phi) is 5.25. The van der Waals surface area contributed by atoms with Crippen molar-refractivity contribution in [2.24, 2.45) is 13.0 Å². The van der Waals surface area contributed by atoms with E-state index in [2.05, 4.69) is 10.1 Å². The quantitative estimate of drug-likeness (QED) is 0.738. The summed E-state index contributed by atoms with van der Waals surface area (Å²) in [5, 5.41) is 14.8. The Hall–Kier alpha value is -2.93. The molecule has 0 bridgehead atoms. The number of aromatic nitrogens is 4. The molecule has 1 aromatic carbocycles. The number of carbonyl (C=O) groups excluding carboxylic acids is 1. The fourth-order valence-corrected chi connectivity index (χ4v) is 3.86. The number of carbonyl (C=O) groups is 1. The number of hydrogen-bond donors (Lipinski definition) is 1. The molecule has 146 valence electrons. The predicted molar refractivity (Wildman–Crippen MR) is 105 cm³/mol. The van der Waals surface area contributed by atoms with Crippen LogP contribution in [0.1, 0.15) is 40.7 Å². The molecule has 1 N–H and O–H groups in total. The van der Waals surface area contributed by atoms with Gasteiger partial charge >= 0.3 is 0 Å². The average molecular weight is 379 g/mol. The van der Waals surface area contributed by atoms with Crippen molar-refractivity contribution in [2.45, 2.75) is 25.5 Å². The highest BCUT2D eigenvalue weighted by Gasteiger charge is 2.30. The van der Waals surface area contributed by atoms with E-state index < -0.39 is 6.10 Å². The molecule has 3 aromatic rings. The number of aliphatic hydroxyl groups excluding tert-OH is 1. The minimum atomic E-state index is -0.588. The molecule has 1 aliphatic heterocycles. The van der Waals surface area contributed by atoms with Gasteiger partial charge in [-0.1, -0.05) is 12.1 Å². The van der Waals surface area contributed by atoms with Gasteiger partial charge in [0.25, 0.3) is 5.91 Å². The van der Waals surface area contributed by atoms with Crippen molar-refractivity contribution in [3.63, 3.8) is 0 Å². The molecule has 0 spiro atoms. The molecular weight excluding hydrogens is 354 g/mol. The molecule has 0 unspecified atom stereocenters. The molecule has 0 radical (unpaired) electrons. The van der Waals surface area contributed by atoms with Gasteiger partial charge in [0.05, 0.1) is 6.54 Å². The number of rotatable bonds is 5. The summed E-state index contributed by atoms with van der Waals surface area (Å²) in [4.78, 5) is 19.1. The van der Waals surface area contributed by atoms with Crippen LogP contribution in [0.4, 0.5) is 0 Å². The summed E-state index contributed by atoms with van der Waals surface area (Å²) in [5.74, 6) is 0.861.